The highest BCUT2D eigenvalue weighted by Crippen LogP contribution is 2.09. The van der Waals surface area contributed by atoms with Gasteiger partial charge in [0.2, 0.25) is 0 Å². The number of hydrogen-bond donors (Lipinski definition) is 1. The topological polar surface area (TPSA) is 66.1 Å². The molecular weight excluding hydrogens is 242 g/mol. The lowest BCUT2D eigenvalue weighted by atomic mass is 10.2. The number of nitrogens with zero attached hydrogens (tertiary/aromatic N) is 2. The quantitative estimate of drug-likeness (QED) is 0.827. The Kier molecular flexibility index (Phi) is 4.23. The minimum absolute atomic E-state index is 0.237. The lowest BCUT2D eigenvalue weighted by molar-refractivity contribution is -0.137. The smallest absolute Gasteiger partial charge is 0.253 e. The van der Waals surface area contributed by atoms with Gasteiger partial charge in [-0.25, -0.2) is 0 Å². The van der Waals surface area contributed by atoms with Gasteiger partial charge in [0.25, 0.3) is 11.8 Å². The highest BCUT2D eigenvalue weighted by atomic mass is 16.2. The number of H-pyrrole nitrogens is 1. The highest BCUT2D eigenvalue weighted by Gasteiger charge is 2.22. The van der Waals surface area contributed by atoms with Crippen LogP contribution in [0.25, 0.3) is 0 Å². The number of nitrogens with one attached hydrogen (secondary N) is 1. The standard InChI is InChI=1S/C11H9NO2.C3H4N2/c13-10-6-7-11(14)12(10)8-9-4-2-1-3-5-9;1-2-4-5-3-1/h1-7H,8H2;1-3H,(H,4,5). The van der Waals surface area contributed by atoms with E-state index in [-0.39, 0.29) is 11.8 Å². The molecule has 0 spiro atoms. The molecule has 2 heterocycles. The Morgan fingerprint density at radius 3 is 2.16 bits per heavy atom. The third kappa shape index (κ3) is 3.64. The molecule has 1 N–H and O–H groups in total. The van der Waals surface area contributed by atoms with Crippen molar-refractivity contribution in [3.63, 3.8) is 0 Å². The second kappa shape index (κ2) is 6.30. The van der Waals surface area contributed by atoms with Crippen molar-refractivity contribution in [1.29, 1.82) is 0 Å². The third-order valence-electron chi connectivity index (χ3n) is 2.49. The summed E-state index contributed by atoms with van der Waals surface area (Å²) in [7, 11) is 0. The molecule has 0 bridgehead atoms. The summed E-state index contributed by atoms with van der Waals surface area (Å²) in [5.74, 6) is -0.474. The first-order valence-electron chi connectivity index (χ1n) is 5.78. The number of amides is 2. The maximum Gasteiger partial charge on any atom is 0.253 e. The van der Waals surface area contributed by atoms with Crippen LogP contribution in [0.4, 0.5) is 0 Å². The minimum Gasteiger partial charge on any atom is -0.286 e. The first kappa shape index (κ1) is 12.8. The van der Waals surface area contributed by atoms with Crippen molar-refractivity contribution in [2.24, 2.45) is 0 Å². The molecule has 96 valence electrons. The van der Waals surface area contributed by atoms with Crippen LogP contribution in [0.3, 0.4) is 0 Å². The van der Waals surface area contributed by atoms with Crippen LogP contribution in [-0.4, -0.2) is 26.9 Å². The molecule has 1 aliphatic rings. The van der Waals surface area contributed by atoms with Crippen LogP contribution < -0.4 is 0 Å². The van der Waals surface area contributed by atoms with Gasteiger partial charge in [-0.1, -0.05) is 30.3 Å². The second-order valence-electron chi connectivity index (χ2n) is 3.85. The van der Waals surface area contributed by atoms with Gasteiger partial charge in [0.1, 0.15) is 0 Å². The van der Waals surface area contributed by atoms with Crippen molar-refractivity contribution < 1.29 is 9.59 Å². The van der Waals surface area contributed by atoms with E-state index < -0.39 is 0 Å². The monoisotopic (exact) mass is 255 g/mol. The summed E-state index contributed by atoms with van der Waals surface area (Å²) in [6.45, 7) is 0.353. The number of rotatable bonds is 2. The van der Waals surface area contributed by atoms with E-state index in [2.05, 4.69) is 10.2 Å². The number of benzene rings is 1. The Morgan fingerprint density at radius 1 is 1.00 bits per heavy atom. The van der Waals surface area contributed by atoms with E-state index in [1.54, 1.807) is 12.4 Å². The molecule has 3 rings (SSSR count). The van der Waals surface area contributed by atoms with Crippen molar-refractivity contribution in [2.45, 2.75) is 6.54 Å². The molecule has 1 aliphatic heterocycles. The Labute approximate surface area is 110 Å². The molecular formula is C14H13N3O2. The van der Waals surface area contributed by atoms with Crippen LogP contribution in [0.1, 0.15) is 5.56 Å². The lowest BCUT2D eigenvalue weighted by Gasteiger charge is -2.13. The molecule has 0 saturated carbocycles. The van der Waals surface area contributed by atoms with Gasteiger partial charge in [0, 0.05) is 24.5 Å². The minimum atomic E-state index is -0.237. The molecule has 1 aromatic carbocycles. The number of aromatic amines is 1. The molecule has 1 aromatic heterocycles. The van der Waals surface area contributed by atoms with Gasteiger partial charge >= 0.3 is 0 Å². The van der Waals surface area contributed by atoms with Crippen LogP contribution in [-0.2, 0) is 16.1 Å². The Balaban J connectivity index is 0.000000224. The van der Waals surface area contributed by atoms with E-state index in [4.69, 9.17) is 0 Å². The van der Waals surface area contributed by atoms with Gasteiger partial charge in [-0.2, -0.15) is 5.10 Å². The molecule has 0 aliphatic carbocycles. The molecule has 0 unspecified atom stereocenters. The number of aromatic nitrogens is 2. The Morgan fingerprint density at radius 2 is 1.68 bits per heavy atom. The normalized spacial score (nSPS) is 13.4. The predicted molar refractivity (Wildman–Crippen MR) is 69.7 cm³/mol. The number of carbonyl (C=O) groups excluding carboxylic acids is 2. The van der Waals surface area contributed by atoms with E-state index in [1.807, 2.05) is 36.4 Å². The zero-order chi connectivity index (χ0) is 13.5. The first-order chi connectivity index (χ1) is 9.27. The zero-order valence-electron chi connectivity index (χ0n) is 10.2. The number of imide groups is 1. The second-order valence-corrected chi connectivity index (χ2v) is 3.85. The van der Waals surface area contributed by atoms with Crippen molar-refractivity contribution >= 4 is 11.8 Å². The summed E-state index contributed by atoms with van der Waals surface area (Å²) < 4.78 is 0. The van der Waals surface area contributed by atoms with Gasteiger partial charge in [0.05, 0.1) is 6.54 Å². The molecule has 0 saturated heterocycles. The van der Waals surface area contributed by atoms with E-state index in [0.29, 0.717) is 6.54 Å². The molecule has 19 heavy (non-hydrogen) atoms. The maximum atomic E-state index is 11.2. The molecule has 0 fully saturated rings. The van der Waals surface area contributed by atoms with Crippen LogP contribution in [0, 0.1) is 0 Å². The van der Waals surface area contributed by atoms with Crippen molar-refractivity contribution in [3.8, 4) is 0 Å². The van der Waals surface area contributed by atoms with Gasteiger partial charge < -0.3 is 0 Å². The largest absolute Gasteiger partial charge is 0.286 e. The van der Waals surface area contributed by atoms with Crippen LogP contribution in [0.15, 0.2) is 60.9 Å². The maximum absolute atomic E-state index is 11.2. The molecule has 2 amide bonds. The highest BCUT2D eigenvalue weighted by molar-refractivity contribution is 6.12. The number of hydrogen-bond acceptors (Lipinski definition) is 3. The molecule has 5 nitrogen and oxygen atoms in total. The van der Waals surface area contributed by atoms with Crippen LogP contribution in [0.2, 0.25) is 0 Å². The van der Waals surface area contributed by atoms with Crippen molar-refractivity contribution in [3.05, 3.63) is 66.5 Å². The van der Waals surface area contributed by atoms with Crippen LogP contribution in [0.5, 0.6) is 0 Å². The molecule has 5 heteroatoms. The van der Waals surface area contributed by atoms with E-state index in [0.717, 1.165) is 5.56 Å². The number of carbonyl (C=O) groups is 2. The first-order valence-corrected chi connectivity index (χ1v) is 5.78. The average molecular weight is 255 g/mol. The SMILES string of the molecule is O=C1C=CC(=O)N1Cc1ccccc1.c1cn[nH]c1. The van der Waals surface area contributed by atoms with Gasteiger partial charge in [-0.3, -0.25) is 19.6 Å². The van der Waals surface area contributed by atoms with Gasteiger partial charge in [0.15, 0.2) is 0 Å². The van der Waals surface area contributed by atoms with E-state index in [1.165, 1.54) is 17.1 Å². The lowest BCUT2D eigenvalue weighted by Crippen LogP contribution is -2.29. The summed E-state index contributed by atoms with van der Waals surface area (Å²) in [6, 6.07) is 11.3. The van der Waals surface area contributed by atoms with Crippen molar-refractivity contribution in [1.82, 2.24) is 15.1 Å². The Hall–Kier alpha value is -2.69. The molecule has 0 atom stereocenters. The van der Waals surface area contributed by atoms with E-state index in [9.17, 15) is 9.59 Å². The predicted octanol–water partition coefficient (Wildman–Crippen LogP) is 1.52. The molecule has 2 aromatic rings. The zero-order valence-corrected chi connectivity index (χ0v) is 10.2. The van der Waals surface area contributed by atoms with Gasteiger partial charge in [-0.05, 0) is 11.6 Å². The third-order valence-corrected chi connectivity index (χ3v) is 2.49. The van der Waals surface area contributed by atoms with Gasteiger partial charge in [-0.15, -0.1) is 0 Å². The Bertz CT molecular complexity index is 526. The van der Waals surface area contributed by atoms with Crippen LogP contribution >= 0.6 is 0 Å². The van der Waals surface area contributed by atoms with E-state index >= 15 is 0 Å². The van der Waals surface area contributed by atoms with Crippen molar-refractivity contribution in [2.75, 3.05) is 0 Å². The summed E-state index contributed by atoms with van der Waals surface area (Å²) in [4.78, 5) is 23.6. The summed E-state index contributed by atoms with van der Waals surface area (Å²) >= 11 is 0. The average Bonchev–Trinajstić information content (AvgIpc) is 3.10. The fourth-order valence-electron chi connectivity index (χ4n) is 1.57. The summed E-state index contributed by atoms with van der Waals surface area (Å²) in [5, 5.41) is 6.21. The molecule has 0 radical (unpaired) electrons. The fraction of sp³-hybridized carbons (Fsp3) is 0.0714. The summed E-state index contributed by atoms with van der Waals surface area (Å²) in [6.07, 6.45) is 6.05. The fourth-order valence-corrected chi connectivity index (χ4v) is 1.57. The summed E-state index contributed by atoms with van der Waals surface area (Å²) in [5.41, 5.74) is 0.956.